The first kappa shape index (κ1) is 10.7. The molecule has 14 heavy (non-hydrogen) atoms. The zero-order valence-corrected chi connectivity index (χ0v) is 7.70. The van der Waals surface area contributed by atoms with Crippen LogP contribution in [0.25, 0.3) is 0 Å². The molecule has 0 radical (unpaired) electrons. The van der Waals surface area contributed by atoms with Crippen molar-refractivity contribution >= 4 is 0 Å². The maximum atomic E-state index is 13.2. The Bertz CT molecular complexity index is 330. The van der Waals surface area contributed by atoms with Gasteiger partial charge in [0.15, 0.2) is 11.5 Å². The molecule has 0 saturated carbocycles. The maximum Gasteiger partial charge on any atom is 0.166 e. The highest BCUT2D eigenvalue weighted by Gasteiger charge is 2.19. The van der Waals surface area contributed by atoms with Gasteiger partial charge in [0.25, 0.3) is 0 Å². The van der Waals surface area contributed by atoms with Crippen LogP contribution in [0.4, 0.5) is 4.39 Å². The first-order valence-electron chi connectivity index (χ1n) is 4.05. The summed E-state index contributed by atoms with van der Waals surface area (Å²) in [5, 5.41) is 18.8. The van der Waals surface area contributed by atoms with Gasteiger partial charge >= 0.3 is 0 Å². The predicted octanol–water partition coefficient (Wildman–Crippen LogP) is 0.532. The highest BCUT2D eigenvalue weighted by molar-refractivity contribution is 5.47. The fourth-order valence-electron chi connectivity index (χ4n) is 1.16. The number of aromatic hydroxyl groups is 1. The van der Waals surface area contributed by atoms with Gasteiger partial charge in [-0.15, -0.1) is 0 Å². The number of phenolic OH excluding ortho intramolecular Hbond substituents is 1. The van der Waals surface area contributed by atoms with Crippen LogP contribution in [-0.4, -0.2) is 23.9 Å². The molecule has 0 aliphatic rings. The molecule has 0 aliphatic carbocycles. The molecule has 78 valence electrons. The molecule has 1 unspecified atom stereocenters. The number of methoxy groups -OCH3 is 1. The van der Waals surface area contributed by atoms with Gasteiger partial charge in [-0.05, 0) is 12.1 Å². The molecule has 1 aromatic carbocycles. The Balaban J connectivity index is 3.25. The fraction of sp³-hybridized carbons (Fsp3) is 0.333. The van der Waals surface area contributed by atoms with Gasteiger partial charge in [-0.1, -0.05) is 0 Å². The van der Waals surface area contributed by atoms with Gasteiger partial charge in [0.2, 0.25) is 0 Å². The summed E-state index contributed by atoms with van der Waals surface area (Å²) in [7, 11) is 1.34. The van der Waals surface area contributed by atoms with E-state index in [9.17, 15) is 14.6 Å². The predicted molar refractivity (Wildman–Crippen MR) is 48.6 cm³/mol. The van der Waals surface area contributed by atoms with Crippen molar-refractivity contribution in [2.45, 2.75) is 6.10 Å². The molecular formula is C9H12FNO3. The Morgan fingerprint density at radius 2 is 2.21 bits per heavy atom. The van der Waals surface area contributed by atoms with E-state index in [0.29, 0.717) is 0 Å². The summed E-state index contributed by atoms with van der Waals surface area (Å²) in [4.78, 5) is 0. The largest absolute Gasteiger partial charge is 0.504 e. The molecule has 0 aliphatic heterocycles. The van der Waals surface area contributed by atoms with Crippen molar-refractivity contribution < 1.29 is 19.3 Å². The van der Waals surface area contributed by atoms with Gasteiger partial charge in [0.1, 0.15) is 5.82 Å². The second kappa shape index (κ2) is 4.26. The molecule has 0 fully saturated rings. The van der Waals surface area contributed by atoms with Gasteiger partial charge in [0.05, 0.1) is 18.8 Å². The van der Waals surface area contributed by atoms with Crippen molar-refractivity contribution in [1.29, 1.82) is 0 Å². The third-order valence-electron chi connectivity index (χ3n) is 1.90. The molecular weight excluding hydrogens is 189 g/mol. The number of hydrogen-bond donors (Lipinski definition) is 3. The summed E-state index contributed by atoms with van der Waals surface area (Å²) in [5.74, 6) is -1.01. The summed E-state index contributed by atoms with van der Waals surface area (Å²) in [6.07, 6.45) is -1.23. The van der Waals surface area contributed by atoms with Crippen LogP contribution in [0.3, 0.4) is 0 Å². The maximum absolute atomic E-state index is 13.2. The van der Waals surface area contributed by atoms with Crippen molar-refractivity contribution in [3.8, 4) is 11.5 Å². The average molecular weight is 201 g/mol. The lowest BCUT2D eigenvalue weighted by Crippen LogP contribution is -2.13. The first-order chi connectivity index (χ1) is 6.61. The molecule has 1 atom stereocenters. The van der Waals surface area contributed by atoms with E-state index in [1.165, 1.54) is 13.2 Å². The van der Waals surface area contributed by atoms with Crippen molar-refractivity contribution in [1.82, 2.24) is 0 Å². The van der Waals surface area contributed by atoms with Crippen molar-refractivity contribution in [2.75, 3.05) is 13.7 Å². The molecule has 0 aromatic heterocycles. The minimum Gasteiger partial charge on any atom is -0.504 e. The van der Waals surface area contributed by atoms with Crippen LogP contribution in [-0.2, 0) is 0 Å². The number of rotatable bonds is 3. The van der Waals surface area contributed by atoms with E-state index in [4.69, 9.17) is 10.5 Å². The van der Waals surface area contributed by atoms with E-state index in [2.05, 4.69) is 0 Å². The van der Waals surface area contributed by atoms with Crippen molar-refractivity contribution in [2.24, 2.45) is 5.73 Å². The monoisotopic (exact) mass is 201 g/mol. The number of hydrogen-bond acceptors (Lipinski definition) is 4. The Hall–Kier alpha value is -1.33. The molecule has 4 nitrogen and oxygen atoms in total. The minimum atomic E-state index is -1.23. The zero-order valence-electron chi connectivity index (χ0n) is 7.70. The van der Waals surface area contributed by atoms with Crippen molar-refractivity contribution in [3.05, 3.63) is 23.5 Å². The first-order valence-corrected chi connectivity index (χ1v) is 4.05. The number of nitrogens with two attached hydrogens (primary N) is 1. The molecule has 0 spiro atoms. The second-order valence-corrected chi connectivity index (χ2v) is 2.76. The van der Waals surface area contributed by atoms with E-state index in [1.807, 2.05) is 0 Å². The summed E-state index contributed by atoms with van der Waals surface area (Å²) in [6, 6.07) is 2.38. The number of aliphatic hydroxyl groups excluding tert-OH is 1. The van der Waals surface area contributed by atoms with E-state index in [0.717, 1.165) is 6.07 Å². The van der Waals surface area contributed by atoms with Gasteiger partial charge in [-0.2, -0.15) is 0 Å². The Labute approximate surface area is 80.7 Å². The smallest absolute Gasteiger partial charge is 0.166 e. The molecule has 0 saturated heterocycles. The lowest BCUT2D eigenvalue weighted by atomic mass is 10.1. The quantitative estimate of drug-likeness (QED) is 0.666. The number of benzene rings is 1. The van der Waals surface area contributed by atoms with E-state index < -0.39 is 17.7 Å². The van der Waals surface area contributed by atoms with Crippen LogP contribution < -0.4 is 10.5 Å². The standard InChI is InChI=1S/C9H12FNO3/c1-14-7-3-2-5(10)8(9(7)13)6(12)4-11/h2-3,6,12-13H,4,11H2,1H3. The van der Waals surface area contributed by atoms with E-state index in [1.54, 1.807) is 0 Å². The normalized spacial score (nSPS) is 12.6. The fourth-order valence-corrected chi connectivity index (χ4v) is 1.16. The Morgan fingerprint density at radius 3 is 2.71 bits per heavy atom. The van der Waals surface area contributed by atoms with Gasteiger partial charge < -0.3 is 20.7 Å². The lowest BCUT2D eigenvalue weighted by molar-refractivity contribution is 0.176. The molecule has 4 N–H and O–H groups in total. The van der Waals surface area contributed by atoms with E-state index >= 15 is 0 Å². The molecule has 0 amide bonds. The molecule has 1 aromatic rings. The highest BCUT2D eigenvalue weighted by atomic mass is 19.1. The van der Waals surface area contributed by atoms with Crippen LogP contribution in [0.2, 0.25) is 0 Å². The van der Waals surface area contributed by atoms with Crippen LogP contribution >= 0.6 is 0 Å². The zero-order chi connectivity index (χ0) is 10.7. The Kier molecular flexibility index (Phi) is 3.27. The highest BCUT2D eigenvalue weighted by Crippen LogP contribution is 2.35. The second-order valence-electron chi connectivity index (χ2n) is 2.76. The SMILES string of the molecule is COc1ccc(F)c(C(O)CN)c1O. The minimum absolute atomic E-state index is 0.105. The number of halogens is 1. The van der Waals surface area contributed by atoms with Gasteiger partial charge in [-0.3, -0.25) is 0 Å². The third kappa shape index (κ3) is 1.78. The number of ether oxygens (including phenoxy) is 1. The molecule has 1 rings (SSSR count). The van der Waals surface area contributed by atoms with Crippen LogP contribution in [0, 0.1) is 5.82 Å². The summed E-state index contributed by atoms with van der Waals surface area (Å²) in [6.45, 7) is -0.169. The summed E-state index contributed by atoms with van der Waals surface area (Å²) in [5.41, 5.74) is 4.94. The average Bonchev–Trinajstić information content (AvgIpc) is 2.18. The molecule has 5 heteroatoms. The topological polar surface area (TPSA) is 75.7 Å². The van der Waals surface area contributed by atoms with Crippen LogP contribution in [0.5, 0.6) is 11.5 Å². The number of aliphatic hydroxyl groups is 1. The molecule has 0 heterocycles. The van der Waals surface area contributed by atoms with Crippen molar-refractivity contribution in [3.63, 3.8) is 0 Å². The Morgan fingerprint density at radius 1 is 1.57 bits per heavy atom. The summed E-state index contributed by atoms with van der Waals surface area (Å²) < 4.78 is 17.9. The third-order valence-corrected chi connectivity index (χ3v) is 1.90. The van der Waals surface area contributed by atoms with Crippen LogP contribution in [0.15, 0.2) is 12.1 Å². The van der Waals surface area contributed by atoms with Gasteiger partial charge in [-0.25, -0.2) is 4.39 Å². The van der Waals surface area contributed by atoms with E-state index in [-0.39, 0.29) is 17.9 Å². The van der Waals surface area contributed by atoms with Gasteiger partial charge in [0, 0.05) is 6.54 Å². The summed E-state index contributed by atoms with van der Waals surface area (Å²) >= 11 is 0. The lowest BCUT2D eigenvalue weighted by Gasteiger charge is -2.13. The number of phenols is 1. The molecule has 0 bridgehead atoms. The van der Waals surface area contributed by atoms with Crippen LogP contribution in [0.1, 0.15) is 11.7 Å².